The molecular formula is C17H21FN2O2S. The minimum absolute atomic E-state index is 0.0209. The maximum atomic E-state index is 12.9. The fourth-order valence-corrected chi connectivity index (χ4v) is 3.30. The van der Waals surface area contributed by atoms with Crippen LogP contribution in [-0.2, 0) is 16.4 Å². The maximum absolute atomic E-state index is 12.9. The van der Waals surface area contributed by atoms with Crippen molar-refractivity contribution in [2.75, 3.05) is 20.6 Å². The summed E-state index contributed by atoms with van der Waals surface area (Å²) in [6, 6.07) is 14.7. The number of benzene rings is 2. The lowest BCUT2D eigenvalue weighted by atomic mass is 10.1. The van der Waals surface area contributed by atoms with Crippen LogP contribution >= 0.6 is 0 Å². The van der Waals surface area contributed by atoms with Gasteiger partial charge in [-0.05, 0) is 50.3 Å². The van der Waals surface area contributed by atoms with Crippen molar-refractivity contribution >= 4 is 10.0 Å². The van der Waals surface area contributed by atoms with E-state index in [9.17, 15) is 12.8 Å². The van der Waals surface area contributed by atoms with Crippen LogP contribution in [0.15, 0.2) is 59.5 Å². The van der Waals surface area contributed by atoms with Gasteiger partial charge in [0.25, 0.3) is 0 Å². The predicted molar refractivity (Wildman–Crippen MR) is 89.2 cm³/mol. The molecule has 0 spiro atoms. The first-order valence-corrected chi connectivity index (χ1v) is 8.82. The summed E-state index contributed by atoms with van der Waals surface area (Å²) >= 11 is 0. The third-order valence-electron chi connectivity index (χ3n) is 3.68. The number of nitrogens with zero attached hydrogens (tertiary/aromatic N) is 1. The Kier molecular flexibility index (Phi) is 5.87. The third kappa shape index (κ3) is 5.13. The Morgan fingerprint density at radius 3 is 2.22 bits per heavy atom. The topological polar surface area (TPSA) is 49.4 Å². The Hall–Kier alpha value is -1.76. The molecule has 4 nitrogen and oxygen atoms in total. The minimum atomic E-state index is -3.64. The smallest absolute Gasteiger partial charge is 0.240 e. The fraction of sp³-hybridized carbons (Fsp3) is 0.294. The molecular weight excluding hydrogens is 315 g/mol. The highest BCUT2D eigenvalue weighted by Gasteiger charge is 2.18. The number of likely N-dealkylation sites (N-methyl/N-ethyl adjacent to an activating group) is 1. The van der Waals surface area contributed by atoms with Gasteiger partial charge in [-0.2, -0.15) is 0 Å². The van der Waals surface area contributed by atoms with Crippen LogP contribution in [0.1, 0.15) is 5.56 Å². The largest absolute Gasteiger partial charge is 0.305 e. The van der Waals surface area contributed by atoms with Crippen LogP contribution < -0.4 is 4.72 Å². The highest BCUT2D eigenvalue weighted by atomic mass is 32.2. The standard InChI is InChI=1S/C17H21FN2O2S/c1-20(2)16(12-14-6-4-3-5-7-14)13-19-23(21,22)17-10-8-15(18)9-11-17/h3-11,16,19H,12-13H2,1-2H3/t16-/m0/s1. The lowest BCUT2D eigenvalue weighted by Crippen LogP contribution is -2.41. The highest BCUT2D eigenvalue weighted by Crippen LogP contribution is 2.11. The van der Waals surface area contributed by atoms with Crippen molar-refractivity contribution in [1.82, 2.24) is 9.62 Å². The van der Waals surface area contributed by atoms with Gasteiger partial charge >= 0.3 is 0 Å². The number of halogens is 1. The molecule has 2 aromatic carbocycles. The van der Waals surface area contributed by atoms with Crippen molar-refractivity contribution in [3.05, 3.63) is 66.0 Å². The van der Waals surface area contributed by atoms with E-state index in [1.54, 1.807) is 0 Å². The molecule has 0 aliphatic carbocycles. The summed E-state index contributed by atoms with van der Waals surface area (Å²) in [6.07, 6.45) is 0.736. The van der Waals surface area contributed by atoms with Crippen molar-refractivity contribution in [3.8, 4) is 0 Å². The van der Waals surface area contributed by atoms with E-state index in [0.29, 0.717) is 0 Å². The first-order chi connectivity index (χ1) is 10.9. The van der Waals surface area contributed by atoms with Crippen LogP contribution in [-0.4, -0.2) is 40.0 Å². The average Bonchev–Trinajstić information content (AvgIpc) is 2.52. The monoisotopic (exact) mass is 336 g/mol. The summed E-state index contributed by atoms with van der Waals surface area (Å²) < 4.78 is 40.1. The molecule has 0 unspecified atom stereocenters. The van der Waals surface area contributed by atoms with Gasteiger partial charge in [-0.3, -0.25) is 0 Å². The van der Waals surface area contributed by atoms with Gasteiger partial charge in [0.1, 0.15) is 5.82 Å². The van der Waals surface area contributed by atoms with E-state index in [1.807, 2.05) is 49.3 Å². The van der Waals surface area contributed by atoms with Gasteiger partial charge in [0.2, 0.25) is 10.0 Å². The Labute approximate surface area is 137 Å². The predicted octanol–water partition coefficient (Wildman–Crippen LogP) is 2.28. The molecule has 0 fully saturated rings. The van der Waals surface area contributed by atoms with Crippen LogP contribution in [0.25, 0.3) is 0 Å². The lowest BCUT2D eigenvalue weighted by molar-refractivity contribution is 0.291. The summed E-state index contributed by atoms with van der Waals surface area (Å²) in [5, 5.41) is 0. The van der Waals surface area contributed by atoms with E-state index in [-0.39, 0.29) is 17.5 Å². The molecule has 0 amide bonds. The summed E-state index contributed by atoms with van der Waals surface area (Å²) in [7, 11) is 0.192. The van der Waals surface area contributed by atoms with E-state index < -0.39 is 15.8 Å². The van der Waals surface area contributed by atoms with Crippen LogP contribution in [0.2, 0.25) is 0 Å². The maximum Gasteiger partial charge on any atom is 0.240 e. The summed E-state index contributed by atoms with van der Waals surface area (Å²) in [5.41, 5.74) is 1.15. The molecule has 0 bridgehead atoms. The molecule has 0 saturated heterocycles. The second kappa shape index (κ2) is 7.68. The van der Waals surface area contributed by atoms with E-state index in [0.717, 1.165) is 24.1 Å². The van der Waals surface area contributed by atoms with Crippen LogP contribution in [0.4, 0.5) is 4.39 Å². The van der Waals surface area contributed by atoms with E-state index in [4.69, 9.17) is 0 Å². The first kappa shape index (κ1) is 17.6. The van der Waals surface area contributed by atoms with Crippen molar-refractivity contribution in [3.63, 3.8) is 0 Å². The van der Waals surface area contributed by atoms with Crippen molar-refractivity contribution < 1.29 is 12.8 Å². The normalized spacial score (nSPS) is 13.2. The summed E-state index contributed by atoms with van der Waals surface area (Å²) in [5.74, 6) is -0.459. The molecule has 2 aromatic rings. The van der Waals surface area contributed by atoms with E-state index >= 15 is 0 Å². The fourth-order valence-electron chi connectivity index (χ4n) is 2.23. The Bertz CT molecular complexity index is 716. The number of sulfonamides is 1. The molecule has 0 aliphatic heterocycles. The molecule has 1 atom stereocenters. The minimum Gasteiger partial charge on any atom is -0.305 e. The summed E-state index contributed by atoms with van der Waals surface area (Å²) in [4.78, 5) is 2.05. The molecule has 0 radical (unpaired) electrons. The molecule has 2 rings (SSSR count). The quantitative estimate of drug-likeness (QED) is 0.844. The Morgan fingerprint density at radius 1 is 1.04 bits per heavy atom. The summed E-state index contributed by atoms with van der Waals surface area (Å²) in [6.45, 7) is 0.279. The zero-order valence-corrected chi connectivity index (χ0v) is 14.1. The molecule has 1 N–H and O–H groups in total. The third-order valence-corrected chi connectivity index (χ3v) is 5.12. The van der Waals surface area contributed by atoms with E-state index in [1.165, 1.54) is 12.1 Å². The number of rotatable bonds is 7. The SMILES string of the molecule is CN(C)[C@H](CNS(=O)(=O)c1ccc(F)cc1)Cc1ccccc1. The highest BCUT2D eigenvalue weighted by molar-refractivity contribution is 7.89. The van der Waals surface area contributed by atoms with Crippen LogP contribution in [0, 0.1) is 5.82 Å². The molecule has 0 aromatic heterocycles. The van der Waals surface area contributed by atoms with Gasteiger partial charge in [0, 0.05) is 12.6 Å². The van der Waals surface area contributed by atoms with Crippen molar-refractivity contribution in [1.29, 1.82) is 0 Å². The van der Waals surface area contributed by atoms with Gasteiger partial charge in [-0.25, -0.2) is 17.5 Å². The van der Waals surface area contributed by atoms with Gasteiger partial charge in [-0.1, -0.05) is 30.3 Å². The number of hydrogen-bond acceptors (Lipinski definition) is 3. The lowest BCUT2D eigenvalue weighted by Gasteiger charge is -2.24. The van der Waals surface area contributed by atoms with Crippen molar-refractivity contribution in [2.24, 2.45) is 0 Å². The van der Waals surface area contributed by atoms with Gasteiger partial charge in [-0.15, -0.1) is 0 Å². The van der Waals surface area contributed by atoms with Gasteiger partial charge < -0.3 is 4.90 Å². The Morgan fingerprint density at radius 2 is 1.65 bits per heavy atom. The second-order valence-corrected chi connectivity index (χ2v) is 7.38. The van der Waals surface area contributed by atoms with Crippen molar-refractivity contribution in [2.45, 2.75) is 17.4 Å². The van der Waals surface area contributed by atoms with Gasteiger partial charge in [0.05, 0.1) is 4.90 Å². The Balaban J connectivity index is 2.04. The number of hydrogen-bond donors (Lipinski definition) is 1. The molecule has 0 saturated carbocycles. The zero-order valence-electron chi connectivity index (χ0n) is 13.2. The van der Waals surface area contributed by atoms with Crippen LogP contribution in [0.3, 0.4) is 0 Å². The van der Waals surface area contributed by atoms with E-state index in [2.05, 4.69) is 4.72 Å². The molecule has 124 valence electrons. The number of nitrogens with one attached hydrogen (secondary N) is 1. The zero-order chi connectivity index (χ0) is 16.9. The second-order valence-electron chi connectivity index (χ2n) is 5.61. The van der Waals surface area contributed by atoms with Gasteiger partial charge in [0.15, 0.2) is 0 Å². The molecule has 23 heavy (non-hydrogen) atoms. The molecule has 0 aliphatic rings. The average molecular weight is 336 g/mol. The molecule has 6 heteroatoms. The first-order valence-electron chi connectivity index (χ1n) is 7.34. The van der Waals surface area contributed by atoms with Crippen LogP contribution in [0.5, 0.6) is 0 Å². The molecule has 0 heterocycles.